The van der Waals surface area contributed by atoms with Crippen LogP contribution >= 0.6 is 0 Å². The van der Waals surface area contributed by atoms with E-state index in [1.165, 1.54) is 18.1 Å². The van der Waals surface area contributed by atoms with E-state index in [1.54, 1.807) is 0 Å². The topological polar surface area (TPSA) is 101 Å². The van der Waals surface area contributed by atoms with Crippen molar-refractivity contribution in [2.75, 3.05) is 39.8 Å². The second-order valence-corrected chi connectivity index (χ2v) is 7.13. The third-order valence-electron chi connectivity index (χ3n) is 4.26. The smallest absolute Gasteiger partial charge is 0.310 e. The predicted molar refractivity (Wildman–Crippen MR) is 116 cm³/mol. The van der Waals surface area contributed by atoms with E-state index in [2.05, 4.69) is 19.9 Å². The van der Waals surface area contributed by atoms with Crippen molar-refractivity contribution in [3.05, 3.63) is 23.3 Å². The van der Waals surface area contributed by atoms with Gasteiger partial charge < -0.3 is 28.8 Å². The van der Waals surface area contributed by atoms with Crippen LogP contribution in [0.4, 0.5) is 0 Å². The monoisotopic (exact) mass is 530 g/mol. The van der Waals surface area contributed by atoms with Crippen LogP contribution in [0.25, 0.3) is 0 Å². The van der Waals surface area contributed by atoms with Gasteiger partial charge in [0.05, 0.1) is 33.0 Å². The van der Waals surface area contributed by atoms with Crippen molar-refractivity contribution in [1.29, 1.82) is 0 Å². The molecular formula is C23H36O8Zr. The molecule has 1 aromatic rings. The number of fused-ring (bicyclic) bond motifs is 1. The molecule has 0 spiro atoms. The Morgan fingerprint density at radius 1 is 0.906 bits per heavy atom. The number of ketones is 1. The van der Waals surface area contributed by atoms with Crippen molar-refractivity contribution in [2.24, 2.45) is 0 Å². The molecule has 1 N–H and O–H groups in total. The van der Waals surface area contributed by atoms with Crippen LogP contribution in [0.2, 0.25) is 0 Å². The van der Waals surface area contributed by atoms with E-state index in [0.717, 1.165) is 43.8 Å². The Bertz CT molecular complexity index is 654. The second-order valence-electron chi connectivity index (χ2n) is 7.13. The average molecular weight is 532 g/mol. The van der Waals surface area contributed by atoms with Crippen LogP contribution in [-0.2, 0) is 63.0 Å². The van der Waals surface area contributed by atoms with Crippen molar-refractivity contribution in [3.63, 3.8) is 0 Å². The number of carbonyl (C=O) groups is 2. The summed E-state index contributed by atoms with van der Waals surface area (Å²) in [5, 5.41) is 7.86. The summed E-state index contributed by atoms with van der Waals surface area (Å²) in [6, 6.07) is 4.12. The summed E-state index contributed by atoms with van der Waals surface area (Å²) in [6.07, 6.45) is 4.02. The van der Waals surface area contributed by atoms with E-state index >= 15 is 0 Å². The molecule has 8 nitrogen and oxygen atoms in total. The Morgan fingerprint density at radius 2 is 1.47 bits per heavy atom. The second kappa shape index (κ2) is 19.2. The fraction of sp³-hybridized carbons (Fsp3) is 0.652. The summed E-state index contributed by atoms with van der Waals surface area (Å²) in [6.45, 7) is 9.71. The van der Waals surface area contributed by atoms with Gasteiger partial charge in [-0.1, -0.05) is 26.7 Å². The number of hydrogen-bond donors (Lipinski definition) is 1. The molecule has 0 saturated heterocycles. The first-order valence-corrected chi connectivity index (χ1v) is 10.8. The molecule has 1 aliphatic heterocycles. The molecule has 0 amide bonds. The first kappa shape index (κ1) is 30.7. The number of unbranched alkanes of at least 4 members (excludes halogenated alkanes) is 1. The summed E-state index contributed by atoms with van der Waals surface area (Å²) < 4.78 is 27.6. The fourth-order valence-corrected chi connectivity index (χ4v) is 2.74. The van der Waals surface area contributed by atoms with Crippen molar-refractivity contribution in [1.82, 2.24) is 0 Å². The molecule has 0 saturated carbocycles. The van der Waals surface area contributed by atoms with Gasteiger partial charge in [0.1, 0.15) is 12.2 Å². The van der Waals surface area contributed by atoms with Crippen LogP contribution in [0.3, 0.4) is 0 Å². The van der Waals surface area contributed by atoms with E-state index in [4.69, 9.17) is 28.8 Å². The van der Waals surface area contributed by atoms with Crippen molar-refractivity contribution in [3.8, 4) is 11.5 Å². The Hall–Kier alpha value is -1.28. The van der Waals surface area contributed by atoms with Crippen LogP contribution < -0.4 is 9.47 Å². The number of aliphatic carboxylic acids is 1. The molecule has 1 heterocycles. The first-order chi connectivity index (χ1) is 15.0. The molecule has 0 bridgehead atoms. The predicted octanol–water partition coefficient (Wildman–Crippen LogP) is 3.77. The minimum atomic E-state index is -1.06. The molecule has 1 aromatic carbocycles. The van der Waals surface area contributed by atoms with Crippen molar-refractivity contribution in [2.45, 2.75) is 59.5 Å². The van der Waals surface area contributed by atoms with Gasteiger partial charge in [-0.15, -0.1) is 0 Å². The number of aryl methyl sites for hydroxylation is 1. The zero-order chi connectivity index (χ0) is 22.9. The van der Waals surface area contributed by atoms with E-state index < -0.39 is 5.97 Å². The quantitative estimate of drug-likeness (QED) is 0.270. The molecular weight excluding hydrogens is 495 g/mol. The van der Waals surface area contributed by atoms with Gasteiger partial charge in [0, 0.05) is 32.8 Å². The first-order valence-electron chi connectivity index (χ1n) is 10.8. The molecule has 1 aliphatic rings. The molecule has 0 radical (unpaired) electrons. The number of hydrogen-bond acceptors (Lipinski definition) is 7. The number of benzene rings is 1. The number of carboxylic acids is 1. The van der Waals surface area contributed by atoms with Gasteiger partial charge in [-0.2, -0.15) is 0 Å². The standard InChI is InChI=1S/C19H30O5.C4H6O3.Zr/c1-3-5-7-20-8-9-21-10-11-22-14-17-13-19-18(23-15-24-19)12-16(17)6-4-2;1-3(5)2-4(6)7;/h12-13H,3-11,14-15H2,1-2H3;2H2,1H3,(H,6,7);. The van der Waals surface area contributed by atoms with Crippen molar-refractivity contribution < 1.29 is 64.6 Å². The summed E-state index contributed by atoms with van der Waals surface area (Å²) in [5.41, 5.74) is 2.44. The summed E-state index contributed by atoms with van der Waals surface area (Å²) in [5.74, 6) is 0.280. The average Bonchev–Trinajstić information content (AvgIpc) is 3.16. The Labute approximate surface area is 210 Å². The maximum Gasteiger partial charge on any atom is 0.310 e. The Balaban J connectivity index is 0.00000104. The van der Waals surface area contributed by atoms with E-state index in [9.17, 15) is 9.59 Å². The molecule has 180 valence electrons. The third-order valence-corrected chi connectivity index (χ3v) is 4.26. The van der Waals surface area contributed by atoms with Gasteiger partial charge in [-0.05, 0) is 43.0 Å². The van der Waals surface area contributed by atoms with E-state index in [0.29, 0.717) is 39.8 Å². The van der Waals surface area contributed by atoms with Crippen LogP contribution in [0, 0.1) is 0 Å². The van der Waals surface area contributed by atoms with Gasteiger partial charge >= 0.3 is 5.97 Å². The molecule has 2 rings (SSSR count). The minimum absolute atomic E-state index is 0. The molecule has 0 fully saturated rings. The van der Waals surface area contributed by atoms with Crippen molar-refractivity contribution >= 4 is 11.8 Å². The number of Topliss-reactive ketones (excluding diaryl/α,β-unsaturated/α-hetero) is 1. The molecule has 9 heteroatoms. The largest absolute Gasteiger partial charge is 0.481 e. The molecule has 0 aliphatic carbocycles. The SMILES string of the molecule is CC(=O)CC(=O)O.CCCCOCCOCCOCc1cc2c(cc1CCC)OCO2.[Zr]. The normalized spacial score (nSPS) is 11.3. The van der Waals surface area contributed by atoms with Gasteiger partial charge in [0.2, 0.25) is 6.79 Å². The zero-order valence-electron chi connectivity index (χ0n) is 19.4. The van der Waals surface area contributed by atoms with Crippen LogP contribution in [0.1, 0.15) is 57.6 Å². The van der Waals surface area contributed by atoms with Gasteiger partial charge in [0.15, 0.2) is 11.5 Å². The van der Waals surface area contributed by atoms with Crippen LogP contribution in [0.15, 0.2) is 12.1 Å². The summed E-state index contributed by atoms with van der Waals surface area (Å²) in [7, 11) is 0. The Kier molecular flexibility index (Phi) is 18.4. The zero-order valence-corrected chi connectivity index (χ0v) is 21.9. The summed E-state index contributed by atoms with van der Waals surface area (Å²) >= 11 is 0. The van der Waals surface area contributed by atoms with Gasteiger partial charge in [-0.3, -0.25) is 9.59 Å². The number of carbonyl (C=O) groups excluding carboxylic acids is 1. The van der Waals surface area contributed by atoms with Gasteiger partial charge in [-0.25, -0.2) is 0 Å². The Morgan fingerprint density at radius 3 is 1.97 bits per heavy atom. The number of carboxylic acid groups (broad SMARTS) is 1. The molecule has 0 atom stereocenters. The minimum Gasteiger partial charge on any atom is -0.481 e. The molecule has 0 unspecified atom stereocenters. The number of ether oxygens (including phenoxy) is 5. The van der Waals surface area contributed by atoms with E-state index in [-0.39, 0.29) is 38.4 Å². The summed E-state index contributed by atoms with van der Waals surface area (Å²) in [4.78, 5) is 19.5. The van der Waals surface area contributed by atoms with Crippen LogP contribution in [0.5, 0.6) is 11.5 Å². The van der Waals surface area contributed by atoms with Crippen LogP contribution in [-0.4, -0.2) is 56.7 Å². The van der Waals surface area contributed by atoms with Gasteiger partial charge in [0.25, 0.3) is 0 Å². The maximum atomic E-state index is 9.87. The molecule has 32 heavy (non-hydrogen) atoms. The maximum absolute atomic E-state index is 9.87. The van der Waals surface area contributed by atoms with E-state index in [1.807, 2.05) is 6.07 Å². The molecule has 0 aromatic heterocycles. The number of rotatable bonds is 15. The fourth-order valence-electron chi connectivity index (χ4n) is 2.74. The third kappa shape index (κ3) is 14.0.